The first-order valence-electron chi connectivity index (χ1n) is 11.5. The summed E-state index contributed by atoms with van der Waals surface area (Å²) in [5.74, 6) is 1.05. The number of rotatable bonds is 9. The van der Waals surface area contributed by atoms with Gasteiger partial charge in [0.05, 0.1) is 6.61 Å². The highest BCUT2D eigenvalue weighted by atomic mass is 16.5. The van der Waals surface area contributed by atoms with Gasteiger partial charge in [-0.3, -0.25) is 4.79 Å². The van der Waals surface area contributed by atoms with Gasteiger partial charge in [-0.2, -0.15) is 0 Å². The fourth-order valence-corrected chi connectivity index (χ4v) is 3.75. The number of amides is 3. The third-order valence-corrected chi connectivity index (χ3v) is 5.54. The molecule has 0 atom stereocenters. The molecule has 0 bridgehead atoms. The van der Waals surface area contributed by atoms with Crippen molar-refractivity contribution < 1.29 is 14.3 Å². The number of piperazine rings is 1. The Kier molecular flexibility index (Phi) is 8.78. The molecule has 0 saturated carbocycles. The van der Waals surface area contributed by atoms with Gasteiger partial charge < -0.3 is 25.2 Å². The molecule has 0 unspecified atom stereocenters. The number of carbonyl (C=O) groups excluding carboxylic acids is 2. The number of benzene rings is 2. The number of ether oxygens (including phenoxy) is 1. The van der Waals surface area contributed by atoms with Crippen molar-refractivity contribution >= 4 is 29.0 Å². The molecule has 2 N–H and O–H groups in total. The van der Waals surface area contributed by atoms with Gasteiger partial charge in [0.25, 0.3) is 0 Å². The van der Waals surface area contributed by atoms with Crippen molar-refractivity contribution in [3.8, 4) is 5.75 Å². The molecule has 1 heterocycles. The highest BCUT2D eigenvalue weighted by Crippen LogP contribution is 2.21. The molecule has 1 aliphatic rings. The molecular weight excluding hydrogens is 404 g/mol. The minimum atomic E-state index is -0.294. The molecule has 7 nitrogen and oxygen atoms in total. The van der Waals surface area contributed by atoms with Gasteiger partial charge in [-0.05, 0) is 61.9 Å². The van der Waals surface area contributed by atoms with Crippen LogP contribution in [0, 0.1) is 0 Å². The Balaban J connectivity index is 1.45. The van der Waals surface area contributed by atoms with Crippen LogP contribution in [0.5, 0.6) is 5.75 Å². The second-order valence-electron chi connectivity index (χ2n) is 7.91. The molecule has 0 aliphatic carbocycles. The summed E-state index contributed by atoms with van der Waals surface area (Å²) in [7, 11) is 0. The predicted octanol–water partition coefficient (Wildman–Crippen LogP) is 4.96. The van der Waals surface area contributed by atoms with E-state index in [1.54, 1.807) is 0 Å². The fourth-order valence-electron chi connectivity index (χ4n) is 3.75. The first kappa shape index (κ1) is 23.4. The summed E-state index contributed by atoms with van der Waals surface area (Å²) in [6.07, 6.45) is 3.89. The minimum absolute atomic E-state index is 0.274. The largest absolute Gasteiger partial charge is 0.494 e. The zero-order chi connectivity index (χ0) is 22.8. The number of nitrogens with one attached hydrogen (secondary N) is 2. The van der Waals surface area contributed by atoms with Crippen LogP contribution in [0.3, 0.4) is 0 Å². The van der Waals surface area contributed by atoms with E-state index in [1.165, 1.54) is 0 Å². The molecule has 7 heteroatoms. The van der Waals surface area contributed by atoms with Crippen molar-refractivity contribution in [2.24, 2.45) is 0 Å². The molecule has 3 rings (SSSR count). The molecule has 172 valence electrons. The first-order chi connectivity index (χ1) is 15.6. The SMILES string of the molecule is CCCCCC(=O)N1CCN(c2ccc(NC(=O)Nc3ccc(OCC)cc3)cc2)CC1. The summed E-state index contributed by atoms with van der Waals surface area (Å²) < 4.78 is 5.41. The Bertz CT molecular complexity index is 860. The van der Waals surface area contributed by atoms with E-state index in [-0.39, 0.29) is 11.9 Å². The van der Waals surface area contributed by atoms with Crippen LogP contribution < -0.4 is 20.3 Å². The number of urea groups is 1. The molecule has 3 amide bonds. The maximum atomic E-state index is 12.3. The second-order valence-corrected chi connectivity index (χ2v) is 7.91. The van der Waals surface area contributed by atoms with E-state index >= 15 is 0 Å². The number of hydrogen-bond acceptors (Lipinski definition) is 4. The molecule has 2 aromatic rings. The number of carbonyl (C=O) groups is 2. The molecule has 0 aromatic heterocycles. The van der Waals surface area contributed by atoms with E-state index in [9.17, 15) is 9.59 Å². The van der Waals surface area contributed by atoms with E-state index in [0.29, 0.717) is 18.7 Å². The lowest BCUT2D eigenvalue weighted by Gasteiger charge is -2.36. The Morgan fingerprint density at radius 2 is 1.44 bits per heavy atom. The van der Waals surface area contributed by atoms with E-state index in [0.717, 1.165) is 62.6 Å². The number of unbranched alkanes of at least 4 members (excludes halogenated alkanes) is 2. The highest BCUT2D eigenvalue weighted by molar-refractivity contribution is 5.99. The quantitative estimate of drug-likeness (QED) is 0.543. The average molecular weight is 439 g/mol. The van der Waals surface area contributed by atoms with Gasteiger partial charge >= 0.3 is 6.03 Å². The minimum Gasteiger partial charge on any atom is -0.494 e. The van der Waals surface area contributed by atoms with Crippen LogP contribution in [0.4, 0.5) is 21.9 Å². The third kappa shape index (κ3) is 6.90. The Morgan fingerprint density at radius 3 is 2.00 bits per heavy atom. The van der Waals surface area contributed by atoms with Crippen LogP contribution >= 0.6 is 0 Å². The molecule has 1 saturated heterocycles. The monoisotopic (exact) mass is 438 g/mol. The van der Waals surface area contributed by atoms with Gasteiger partial charge in [0, 0.05) is 49.7 Å². The van der Waals surface area contributed by atoms with Crippen LogP contribution in [-0.2, 0) is 4.79 Å². The number of hydrogen-bond donors (Lipinski definition) is 2. The van der Waals surface area contributed by atoms with E-state index < -0.39 is 0 Å². The topological polar surface area (TPSA) is 73.9 Å². The van der Waals surface area contributed by atoms with Gasteiger partial charge in [-0.1, -0.05) is 19.8 Å². The Morgan fingerprint density at radius 1 is 0.844 bits per heavy atom. The first-order valence-corrected chi connectivity index (χ1v) is 11.5. The molecular formula is C25H34N4O3. The third-order valence-electron chi connectivity index (χ3n) is 5.54. The van der Waals surface area contributed by atoms with Gasteiger partial charge in [0.15, 0.2) is 0 Å². The van der Waals surface area contributed by atoms with Crippen molar-refractivity contribution in [3.63, 3.8) is 0 Å². The normalized spacial score (nSPS) is 13.6. The van der Waals surface area contributed by atoms with Crippen molar-refractivity contribution in [2.45, 2.75) is 39.5 Å². The molecule has 1 fully saturated rings. The second kappa shape index (κ2) is 12.0. The summed E-state index contributed by atoms with van der Waals surface area (Å²) in [6.45, 7) is 7.86. The van der Waals surface area contributed by atoms with Crippen molar-refractivity contribution in [1.82, 2.24) is 4.90 Å². The molecule has 2 aromatic carbocycles. The lowest BCUT2D eigenvalue weighted by atomic mass is 10.1. The van der Waals surface area contributed by atoms with Gasteiger partial charge in [-0.15, -0.1) is 0 Å². The zero-order valence-electron chi connectivity index (χ0n) is 19.1. The van der Waals surface area contributed by atoms with Crippen LogP contribution in [-0.4, -0.2) is 49.6 Å². The molecule has 1 aliphatic heterocycles. The smallest absolute Gasteiger partial charge is 0.323 e. The lowest BCUT2D eigenvalue weighted by molar-refractivity contribution is -0.131. The van der Waals surface area contributed by atoms with Gasteiger partial charge in [-0.25, -0.2) is 4.79 Å². The molecule has 0 radical (unpaired) electrons. The predicted molar refractivity (Wildman–Crippen MR) is 130 cm³/mol. The maximum absolute atomic E-state index is 12.3. The number of anilines is 3. The van der Waals surface area contributed by atoms with Crippen LogP contribution in [0.2, 0.25) is 0 Å². The van der Waals surface area contributed by atoms with E-state index in [1.807, 2.05) is 60.4 Å². The summed E-state index contributed by atoms with van der Waals surface area (Å²) in [4.78, 5) is 28.8. The van der Waals surface area contributed by atoms with Gasteiger partial charge in [0.2, 0.25) is 5.91 Å². The van der Waals surface area contributed by atoms with E-state index in [4.69, 9.17) is 4.74 Å². The Hall–Kier alpha value is -3.22. The molecule has 0 spiro atoms. The highest BCUT2D eigenvalue weighted by Gasteiger charge is 2.20. The van der Waals surface area contributed by atoms with Crippen molar-refractivity contribution in [1.29, 1.82) is 0 Å². The summed E-state index contributed by atoms with van der Waals surface area (Å²) in [5.41, 5.74) is 2.52. The molecule has 32 heavy (non-hydrogen) atoms. The fraction of sp³-hybridized carbons (Fsp3) is 0.440. The van der Waals surface area contributed by atoms with Crippen molar-refractivity contribution in [2.75, 3.05) is 48.3 Å². The average Bonchev–Trinajstić information content (AvgIpc) is 2.81. The summed E-state index contributed by atoms with van der Waals surface area (Å²) in [5, 5.41) is 5.67. The lowest BCUT2D eigenvalue weighted by Crippen LogP contribution is -2.48. The van der Waals surface area contributed by atoms with Crippen LogP contribution in [0.25, 0.3) is 0 Å². The van der Waals surface area contributed by atoms with Crippen LogP contribution in [0.1, 0.15) is 39.5 Å². The number of nitrogens with zero attached hydrogens (tertiary/aromatic N) is 2. The summed E-state index contributed by atoms with van der Waals surface area (Å²) in [6, 6.07) is 14.8. The van der Waals surface area contributed by atoms with Crippen molar-refractivity contribution in [3.05, 3.63) is 48.5 Å². The van der Waals surface area contributed by atoms with Crippen LogP contribution in [0.15, 0.2) is 48.5 Å². The summed E-state index contributed by atoms with van der Waals surface area (Å²) >= 11 is 0. The standard InChI is InChI=1S/C25H34N4O3/c1-3-5-6-7-24(30)29-18-16-28(17-19-29)22-12-8-20(9-13-22)26-25(31)27-21-10-14-23(15-11-21)32-4-2/h8-15H,3-7,16-19H2,1-2H3,(H2,26,27,31). The maximum Gasteiger partial charge on any atom is 0.323 e. The van der Waals surface area contributed by atoms with Gasteiger partial charge in [0.1, 0.15) is 5.75 Å². The Labute approximate surface area is 190 Å². The zero-order valence-corrected chi connectivity index (χ0v) is 19.1. The van der Waals surface area contributed by atoms with E-state index in [2.05, 4.69) is 22.5 Å².